The molecule has 0 atom stereocenters. The van der Waals surface area contributed by atoms with Gasteiger partial charge in [0.2, 0.25) is 0 Å². The van der Waals surface area contributed by atoms with Crippen molar-refractivity contribution in [3.8, 4) is 27.4 Å². The van der Waals surface area contributed by atoms with Gasteiger partial charge in [0.15, 0.2) is 5.13 Å². The number of rotatable bonds is 8. The van der Waals surface area contributed by atoms with E-state index < -0.39 is 5.24 Å². The molecule has 0 saturated heterocycles. The SMILES string of the molecule is COc1ccc(-c2nc(NC(=O)c3cccnc3)sc2-c2ccnc(NC(=O)c3cccnc3)c2)cc1.Cl.O=C(Cl)c1cccnc1. The molecule has 0 aliphatic heterocycles. The van der Waals surface area contributed by atoms with Crippen molar-refractivity contribution in [3.63, 3.8) is 0 Å². The van der Waals surface area contributed by atoms with E-state index >= 15 is 0 Å². The summed E-state index contributed by atoms with van der Waals surface area (Å²) in [5, 5.41) is 5.62. The van der Waals surface area contributed by atoms with E-state index in [1.165, 1.54) is 29.9 Å². The first-order valence-electron chi connectivity index (χ1n) is 13.6. The Kier molecular flexibility index (Phi) is 12.2. The number of amides is 2. The summed E-state index contributed by atoms with van der Waals surface area (Å²) in [6.07, 6.45) is 10.8. The predicted octanol–water partition coefficient (Wildman–Crippen LogP) is 7.06. The average molecular weight is 687 g/mol. The van der Waals surface area contributed by atoms with Crippen molar-refractivity contribution in [3.05, 3.63) is 133 Å². The second kappa shape index (κ2) is 16.7. The fourth-order valence-electron chi connectivity index (χ4n) is 3.98. The smallest absolute Gasteiger partial charge is 0.259 e. The Morgan fingerprint density at radius 2 is 1.30 bits per heavy atom. The highest BCUT2D eigenvalue weighted by atomic mass is 35.5. The van der Waals surface area contributed by atoms with E-state index in [4.69, 9.17) is 21.3 Å². The molecular weight excluding hydrogens is 661 g/mol. The molecule has 0 saturated carbocycles. The fourth-order valence-corrected chi connectivity index (χ4v) is 5.08. The van der Waals surface area contributed by atoms with Crippen molar-refractivity contribution < 1.29 is 19.1 Å². The molecule has 2 N–H and O–H groups in total. The predicted molar refractivity (Wildman–Crippen MR) is 183 cm³/mol. The number of aromatic nitrogens is 5. The molecule has 0 unspecified atom stereocenters. The summed E-state index contributed by atoms with van der Waals surface area (Å²) in [6, 6.07) is 21.1. The maximum Gasteiger partial charge on any atom is 0.259 e. The number of carbonyl (C=O) groups excluding carboxylic acids is 3. The molecule has 0 bridgehead atoms. The standard InChI is InChI=1S/C27H20N6O3S.C6H4ClNO.ClH/c1-36-21-8-6-17(7-9-21)23-24(37-27(32-23)33-26(35)20-5-3-12-29-16-20)18-10-13-30-22(14-18)31-25(34)19-4-2-11-28-15-19;7-6(9)5-2-1-3-8-4-5;/h2-16H,1H3,(H,30,31,34)(H,32,33,35);1-4H;1H. The van der Waals surface area contributed by atoms with Gasteiger partial charge in [-0.05, 0) is 90.0 Å². The van der Waals surface area contributed by atoms with E-state index in [0.29, 0.717) is 33.3 Å². The minimum Gasteiger partial charge on any atom is -0.497 e. The molecule has 6 rings (SSSR count). The average Bonchev–Trinajstić information content (AvgIpc) is 3.53. The van der Waals surface area contributed by atoms with Gasteiger partial charge in [-0.25, -0.2) is 9.97 Å². The van der Waals surface area contributed by atoms with Crippen LogP contribution in [-0.4, -0.2) is 49.1 Å². The molecule has 0 radical (unpaired) electrons. The monoisotopic (exact) mass is 685 g/mol. The summed E-state index contributed by atoms with van der Waals surface area (Å²) in [5.74, 6) is 0.465. The third kappa shape index (κ3) is 9.23. The van der Waals surface area contributed by atoms with Crippen LogP contribution < -0.4 is 15.4 Å². The number of pyridine rings is 4. The molecule has 11 nitrogen and oxygen atoms in total. The number of hydrogen-bond acceptors (Lipinski definition) is 10. The van der Waals surface area contributed by atoms with Crippen molar-refractivity contribution in [1.29, 1.82) is 0 Å². The number of methoxy groups -OCH3 is 1. The van der Waals surface area contributed by atoms with Crippen molar-refractivity contribution in [2.24, 2.45) is 0 Å². The quantitative estimate of drug-likeness (QED) is 0.161. The van der Waals surface area contributed by atoms with Crippen LogP contribution in [0.3, 0.4) is 0 Å². The number of thiazole rings is 1. The molecule has 1 aromatic carbocycles. The van der Waals surface area contributed by atoms with E-state index in [1.807, 2.05) is 30.3 Å². The van der Waals surface area contributed by atoms with Gasteiger partial charge in [-0.15, -0.1) is 12.4 Å². The number of nitrogens with one attached hydrogen (secondary N) is 2. The third-order valence-electron chi connectivity index (χ3n) is 6.21. The molecule has 0 aliphatic rings. The number of anilines is 2. The van der Waals surface area contributed by atoms with Gasteiger partial charge in [-0.1, -0.05) is 11.3 Å². The molecule has 0 spiro atoms. The lowest BCUT2D eigenvalue weighted by atomic mass is 10.1. The number of benzene rings is 1. The molecule has 0 fully saturated rings. The minimum absolute atomic E-state index is 0. The van der Waals surface area contributed by atoms with Gasteiger partial charge in [0.1, 0.15) is 11.6 Å². The van der Waals surface area contributed by atoms with Crippen molar-refractivity contribution in [2.45, 2.75) is 0 Å². The lowest BCUT2D eigenvalue weighted by molar-refractivity contribution is 0.101. The zero-order valence-electron chi connectivity index (χ0n) is 24.5. The largest absolute Gasteiger partial charge is 0.497 e. The number of ether oxygens (including phenoxy) is 1. The summed E-state index contributed by atoms with van der Waals surface area (Å²) in [7, 11) is 1.60. The lowest BCUT2D eigenvalue weighted by Gasteiger charge is -2.07. The molecule has 5 aromatic heterocycles. The number of nitrogens with zero attached hydrogens (tertiary/aromatic N) is 5. The van der Waals surface area contributed by atoms with Gasteiger partial charge >= 0.3 is 0 Å². The summed E-state index contributed by atoms with van der Waals surface area (Å²) in [6.45, 7) is 0. The van der Waals surface area contributed by atoms with Crippen molar-refractivity contribution in [2.75, 3.05) is 17.7 Å². The molecule has 14 heteroatoms. The number of halogens is 2. The molecule has 5 heterocycles. The molecule has 2 amide bonds. The topological polar surface area (TPSA) is 149 Å². The Morgan fingerprint density at radius 1 is 0.723 bits per heavy atom. The van der Waals surface area contributed by atoms with Crippen LogP contribution in [0.4, 0.5) is 10.9 Å². The maximum absolute atomic E-state index is 12.7. The van der Waals surface area contributed by atoms with Crippen LogP contribution in [0, 0.1) is 0 Å². The molecule has 6 aromatic rings. The first-order valence-corrected chi connectivity index (χ1v) is 14.7. The highest BCUT2D eigenvalue weighted by Gasteiger charge is 2.18. The van der Waals surface area contributed by atoms with Gasteiger partial charge in [0, 0.05) is 48.9 Å². The Labute approximate surface area is 284 Å². The van der Waals surface area contributed by atoms with Gasteiger partial charge in [0.05, 0.1) is 34.4 Å². The Morgan fingerprint density at radius 3 is 1.81 bits per heavy atom. The van der Waals surface area contributed by atoms with E-state index in [1.54, 1.807) is 74.4 Å². The summed E-state index contributed by atoms with van der Waals surface area (Å²) < 4.78 is 5.28. The van der Waals surface area contributed by atoms with E-state index in [9.17, 15) is 14.4 Å². The van der Waals surface area contributed by atoms with E-state index in [2.05, 4.69) is 30.6 Å². The second-order valence-electron chi connectivity index (χ2n) is 9.26. The molecular formula is C33H25Cl2N7O4S. The lowest BCUT2D eigenvalue weighted by Crippen LogP contribution is -2.13. The van der Waals surface area contributed by atoms with Crippen LogP contribution in [0.5, 0.6) is 5.75 Å². The highest BCUT2D eigenvalue weighted by molar-refractivity contribution is 7.19. The van der Waals surface area contributed by atoms with Gasteiger partial charge in [-0.2, -0.15) is 0 Å². The van der Waals surface area contributed by atoms with E-state index in [0.717, 1.165) is 21.8 Å². The highest BCUT2D eigenvalue weighted by Crippen LogP contribution is 2.40. The van der Waals surface area contributed by atoms with Crippen LogP contribution in [-0.2, 0) is 0 Å². The van der Waals surface area contributed by atoms with Crippen LogP contribution in [0.1, 0.15) is 31.1 Å². The molecule has 236 valence electrons. The van der Waals surface area contributed by atoms with E-state index in [-0.39, 0.29) is 24.2 Å². The first-order chi connectivity index (χ1) is 22.4. The Hall–Kier alpha value is -5.56. The van der Waals surface area contributed by atoms with Crippen LogP contribution in [0.15, 0.2) is 116 Å². The van der Waals surface area contributed by atoms with Gasteiger partial charge < -0.3 is 10.1 Å². The Bertz CT molecular complexity index is 1950. The number of carbonyl (C=O) groups is 3. The zero-order chi connectivity index (χ0) is 32.3. The summed E-state index contributed by atoms with van der Waals surface area (Å²) in [4.78, 5) is 57.2. The van der Waals surface area contributed by atoms with Gasteiger partial charge in [0.25, 0.3) is 17.1 Å². The van der Waals surface area contributed by atoms with Gasteiger partial charge in [-0.3, -0.25) is 34.7 Å². The van der Waals surface area contributed by atoms with Crippen LogP contribution in [0.25, 0.3) is 21.7 Å². The fraction of sp³-hybridized carbons (Fsp3) is 0.0303. The zero-order valence-corrected chi connectivity index (χ0v) is 26.9. The van der Waals surface area contributed by atoms with Crippen molar-refractivity contribution in [1.82, 2.24) is 24.9 Å². The second-order valence-corrected chi connectivity index (χ2v) is 10.6. The minimum atomic E-state index is -0.469. The Balaban J connectivity index is 0.000000434. The third-order valence-corrected chi connectivity index (χ3v) is 7.45. The molecule has 0 aliphatic carbocycles. The first kappa shape index (κ1) is 34.3. The van der Waals surface area contributed by atoms with Crippen molar-refractivity contribution >= 4 is 63.4 Å². The normalized spacial score (nSPS) is 10.0. The van der Waals surface area contributed by atoms with Crippen LogP contribution in [0.2, 0.25) is 0 Å². The number of hydrogen-bond donors (Lipinski definition) is 2. The molecule has 47 heavy (non-hydrogen) atoms. The maximum atomic E-state index is 12.7. The van der Waals surface area contributed by atoms with Crippen LogP contribution >= 0.6 is 35.3 Å². The summed E-state index contributed by atoms with van der Waals surface area (Å²) in [5.41, 5.74) is 3.57. The summed E-state index contributed by atoms with van der Waals surface area (Å²) >= 11 is 6.44.